The monoisotopic (exact) mass is 309 g/mol. The van der Waals surface area contributed by atoms with Gasteiger partial charge in [-0.1, -0.05) is 34.7 Å². The molecule has 1 rings (SSSR count). The van der Waals surface area contributed by atoms with Crippen LogP contribution < -0.4 is 5.32 Å². The molecule has 0 aromatic rings. The Morgan fingerprint density at radius 1 is 1.43 bits per heavy atom. The van der Waals surface area contributed by atoms with E-state index in [9.17, 15) is 4.79 Å². The molecule has 3 nitrogen and oxygen atoms in total. The van der Waals surface area contributed by atoms with Crippen LogP contribution in [0.4, 0.5) is 4.79 Å². The predicted molar refractivity (Wildman–Crippen MR) is 64.7 cm³/mol. The number of alkyl halides is 1. The number of alkyl carbamates (subject to hydrolysis) is 1. The molecule has 1 aliphatic rings. The molecule has 80 valence electrons. The molecule has 0 heterocycles. The van der Waals surface area contributed by atoms with Gasteiger partial charge in [-0.2, -0.15) is 0 Å². The van der Waals surface area contributed by atoms with Crippen LogP contribution in [0, 0.1) is 0 Å². The fourth-order valence-corrected chi connectivity index (χ4v) is 2.42. The molecule has 0 aromatic heterocycles. The summed E-state index contributed by atoms with van der Waals surface area (Å²) in [5, 5.41) is 2.88. The molecule has 0 fully saturated rings. The number of allylic oxidation sites excluding steroid dienone is 2. The van der Waals surface area contributed by atoms with Crippen LogP contribution in [-0.4, -0.2) is 23.2 Å². The van der Waals surface area contributed by atoms with E-state index in [1.54, 1.807) is 0 Å². The van der Waals surface area contributed by atoms with Gasteiger partial charge in [0.15, 0.2) is 0 Å². The van der Waals surface area contributed by atoms with E-state index in [4.69, 9.17) is 0 Å². The van der Waals surface area contributed by atoms with Gasteiger partial charge in [0.25, 0.3) is 0 Å². The number of carbonyl (C=O) groups is 1. The van der Waals surface area contributed by atoms with Gasteiger partial charge in [-0.05, 0) is 25.7 Å². The van der Waals surface area contributed by atoms with Crippen molar-refractivity contribution in [3.8, 4) is 0 Å². The van der Waals surface area contributed by atoms with Crippen LogP contribution in [0.5, 0.6) is 0 Å². The third-order valence-corrected chi connectivity index (χ3v) is 3.84. The Morgan fingerprint density at radius 2 is 2.07 bits per heavy atom. The molecule has 0 saturated carbocycles. The van der Waals surface area contributed by atoms with Crippen molar-refractivity contribution in [2.24, 2.45) is 0 Å². The first-order valence-electron chi connectivity index (χ1n) is 4.87. The second kappa shape index (κ2) is 6.27. The highest BCUT2D eigenvalue weighted by atomic mass is 127. The van der Waals surface area contributed by atoms with Crippen LogP contribution in [0.1, 0.15) is 25.7 Å². The number of carbonyl (C=O) groups excluding carboxylic acids is 1. The van der Waals surface area contributed by atoms with Crippen molar-refractivity contribution < 1.29 is 9.53 Å². The minimum absolute atomic E-state index is 0.244. The van der Waals surface area contributed by atoms with Crippen LogP contribution in [0.25, 0.3) is 0 Å². The Morgan fingerprint density at radius 3 is 2.71 bits per heavy atom. The van der Waals surface area contributed by atoms with Gasteiger partial charge in [-0.15, -0.1) is 0 Å². The summed E-state index contributed by atoms with van der Waals surface area (Å²) in [5.74, 6) is 0. The zero-order chi connectivity index (χ0) is 10.4. The summed E-state index contributed by atoms with van der Waals surface area (Å²) in [6.45, 7) is 0. The van der Waals surface area contributed by atoms with Crippen molar-refractivity contribution in [1.29, 1.82) is 0 Å². The summed E-state index contributed by atoms with van der Waals surface area (Å²) in [6, 6.07) is 0.244. The minimum atomic E-state index is -0.318. The van der Waals surface area contributed by atoms with E-state index >= 15 is 0 Å². The molecule has 2 atom stereocenters. The van der Waals surface area contributed by atoms with Gasteiger partial charge in [-0.25, -0.2) is 4.79 Å². The van der Waals surface area contributed by atoms with E-state index in [-0.39, 0.29) is 12.1 Å². The predicted octanol–water partition coefficient (Wildman–Crippen LogP) is 2.64. The average molecular weight is 309 g/mol. The maximum atomic E-state index is 11.1. The summed E-state index contributed by atoms with van der Waals surface area (Å²) < 4.78 is 5.10. The Kier molecular flexibility index (Phi) is 5.29. The topological polar surface area (TPSA) is 38.3 Å². The Bertz CT molecular complexity index is 218. The highest BCUT2D eigenvalue weighted by molar-refractivity contribution is 14.1. The maximum absolute atomic E-state index is 11.1. The zero-order valence-electron chi connectivity index (χ0n) is 8.33. The molecule has 0 aromatic carbocycles. The number of halogens is 1. The minimum Gasteiger partial charge on any atom is -0.453 e. The SMILES string of the molecule is COC(=O)NC1CC/C=C\CCC1I. The average Bonchev–Trinajstić information content (AvgIpc) is 2.17. The van der Waals surface area contributed by atoms with Gasteiger partial charge < -0.3 is 10.1 Å². The van der Waals surface area contributed by atoms with Crippen molar-refractivity contribution in [1.82, 2.24) is 5.32 Å². The number of hydrogen-bond acceptors (Lipinski definition) is 2. The molecule has 14 heavy (non-hydrogen) atoms. The van der Waals surface area contributed by atoms with Crippen LogP contribution in [0.3, 0.4) is 0 Å². The van der Waals surface area contributed by atoms with E-state index in [0.29, 0.717) is 3.92 Å². The standard InChI is InChI=1S/C10H16INO2/c1-14-10(13)12-9-7-5-3-2-4-6-8(9)11/h2-3,8-9H,4-7H2,1H3,(H,12,13)/b3-2-. The lowest BCUT2D eigenvalue weighted by Crippen LogP contribution is -2.41. The molecular formula is C10H16INO2. The van der Waals surface area contributed by atoms with Crippen LogP contribution in [0.15, 0.2) is 12.2 Å². The number of ether oxygens (including phenoxy) is 1. The maximum Gasteiger partial charge on any atom is 0.407 e. The summed E-state index contributed by atoms with van der Waals surface area (Å²) in [4.78, 5) is 11.1. The van der Waals surface area contributed by atoms with E-state index in [1.165, 1.54) is 7.11 Å². The molecule has 1 amide bonds. The van der Waals surface area contributed by atoms with Gasteiger partial charge in [0.1, 0.15) is 0 Å². The number of methoxy groups -OCH3 is 1. The normalized spacial score (nSPS) is 29.9. The van der Waals surface area contributed by atoms with Crippen LogP contribution >= 0.6 is 22.6 Å². The number of amides is 1. The van der Waals surface area contributed by atoms with Crippen molar-refractivity contribution in [2.75, 3.05) is 7.11 Å². The van der Waals surface area contributed by atoms with E-state index < -0.39 is 0 Å². The van der Waals surface area contributed by atoms with Crippen LogP contribution in [-0.2, 0) is 4.74 Å². The molecule has 2 unspecified atom stereocenters. The molecule has 0 spiro atoms. The third kappa shape index (κ3) is 3.86. The van der Waals surface area contributed by atoms with Crippen molar-refractivity contribution in [2.45, 2.75) is 35.6 Å². The second-order valence-corrected chi connectivity index (χ2v) is 4.98. The lowest BCUT2D eigenvalue weighted by Gasteiger charge is -2.23. The lowest BCUT2D eigenvalue weighted by atomic mass is 10.0. The first-order valence-corrected chi connectivity index (χ1v) is 6.12. The number of nitrogens with one attached hydrogen (secondary N) is 1. The molecule has 1 N–H and O–H groups in total. The van der Waals surface area contributed by atoms with Crippen molar-refractivity contribution in [3.63, 3.8) is 0 Å². The molecule has 0 saturated heterocycles. The van der Waals surface area contributed by atoms with Crippen molar-refractivity contribution in [3.05, 3.63) is 12.2 Å². The molecular weight excluding hydrogens is 293 g/mol. The highest BCUT2D eigenvalue weighted by Gasteiger charge is 2.20. The third-order valence-electron chi connectivity index (χ3n) is 2.35. The van der Waals surface area contributed by atoms with E-state index in [0.717, 1.165) is 25.7 Å². The highest BCUT2D eigenvalue weighted by Crippen LogP contribution is 2.20. The molecule has 1 aliphatic carbocycles. The summed E-state index contributed by atoms with van der Waals surface area (Å²) >= 11 is 2.41. The van der Waals surface area contributed by atoms with Gasteiger partial charge in [0, 0.05) is 9.97 Å². The second-order valence-electron chi connectivity index (χ2n) is 3.38. The Labute approximate surface area is 98.4 Å². The zero-order valence-corrected chi connectivity index (χ0v) is 10.5. The largest absolute Gasteiger partial charge is 0.453 e. The van der Waals surface area contributed by atoms with Crippen molar-refractivity contribution >= 4 is 28.7 Å². The fourth-order valence-electron chi connectivity index (χ4n) is 1.52. The van der Waals surface area contributed by atoms with Gasteiger partial charge in [0.05, 0.1) is 7.11 Å². The molecule has 0 bridgehead atoms. The van der Waals surface area contributed by atoms with Gasteiger partial charge in [0.2, 0.25) is 0 Å². The molecule has 0 radical (unpaired) electrons. The van der Waals surface area contributed by atoms with E-state index in [2.05, 4.69) is 44.8 Å². The lowest BCUT2D eigenvalue weighted by molar-refractivity contribution is 0.165. The summed E-state index contributed by atoms with van der Waals surface area (Å²) in [6.07, 6.45) is 8.35. The Hall–Kier alpha value is -0.260. The first-order chi connectivity index (χ1) is 6.74. The summed E-state index contributed by atoms with van der Waals surface area (Å²) in [5.41, 5.74) is 0. The number of hydrogen-bond donors (Lipinski definition) is 1. The van der Waals surface area contributed by atoms with Gasteiger partial charge in [-0.3, -0.25) is 0 Å². The van der Waals surface area contributed by atoms with Gasteiger partial charge >= 0.3 is 6.09 Å². The van der Waals surface area contributed by atoms with E-state index in [1.807, 2.05) is 0 Å². The molecule has 4 heteroatoms. The summed E-state index contributed by atoms with van der Waals surface area (Å²) in [7, 11) is 1.40. The fraction of sp³-hybridized carbons (Fsp3) is 0.700. The first kappa shape index (κ1) is 11.8. The smallest absolute Gasteiger partial charge is 0.407 e. The molecule has 0 aliphatic heterocycles. The Balaban J connectivity index is 2.47. The van der Waals surface area contributed by atoms with Crippen LogP contribution in [0.2, 0.25) is 0 Å². The number of rotatable bonds is 1. The quantitative estimate of drug-likeness (QED) is 0.459.